The number of carbonyl (C=O) groups excluding carboxylic acids is 1. The molecule has 4 rings (SSSR count). The van der Waals surface area contributed by atoms with Crippen molar-refractivity contribution in [3.8, 4) is 0 Å². The number of nitrogens with one attached hydrogen (secondary N) is 1. The Kier molecular flexibility index (Phi) is 4.89. The van der Waals surface area contributed by atoms with Crippen LogP contribution < -0.4 is 5.48 Å². The zero-order valence-corrected chi connectivity index (χ0v) is 14.6. The van der Waals surface area contributed by atoms with Gasteiger partial charge < -0.3 is 0 Å². The topological polar surface area (TPSA) is 69.0 Å². The summed E-state index contributed by atoms with van der Waals surface area (Å²) in [5, 5.41) is 5.19. The Morgan fingerprint density at radius 3 is 2.41 bits per heavy atom. The Balaban J connectivity index is 1.43. The van der Waals surface area contributed by atoms with E-state index in [9.17, 15) is 4.79 Å². The minimum absolute atomic E-state index is 0.303. The monoisotopic (exact) mass is 358 g/mol. The molecule has 0 saturated heterocycles. The lowest BCUT2D eigenvalue weighted by molar-refractivity contribution is 0.0233. The summed E-state index contributed by atoms with van der Waals surface area (Å²) < 4.78 is 1.82. The fraction of sp³-hybridized carbons (Fsp3) is 0.0952. The number of benzene rings is 2. The third-order valence-electron chi connectivity index (χ3n) is 4.16. The molecule has 134 valence electrons. The summed E-state index contributed by atoms with van der Waals surface area (Å²) in [4.78, 5) is 22.0. The number of rotatable bonds is 6. The van der Waals surface area contributed by atoms with Gasteiger partial charge in [0.1, 0.15) is 0 Å². The molecule has 0 saturated carbocycles. The molecule has 1 N–H and O–H groups in total. The third-order valence-corrected chi connectivity index (χ3v) is 4.16. The van der Waals surface area contributed by atoms with Crippen LogP contribution >= 0.6 is 0 Å². The molecule has 0 bridgehead atoms. The Hall–Kier alpha value is -3.51. The van der Waals surface area contributed by atoms with Gasteiger partial charge in [-0.2, -0.15) is 5.10 Å². The number of carbonyl (C=O) groups is 1. The van der Waals surface area contributed by atoms with Crippen LogP contribution in [0.25, 0.3) is 11.0 Å². The summed E-state index contributed by atoms with van der Waals surface area (Å²) in [6.45, 7) is 0.931. The molecule has 0 atom stereocenters. The van der Waals surface area contributed by atoms with Gasteiger partial charge in [0.2, 0.25) is 0 Å². The average Bonchev–Trinajstić information content (AvgIpc) is 3.11. The Labute approximate surface area is 156 Å². The zero-order valence-electron chi connectivity index (χ0n) is 14.6. The van der Waals surface area contributed by atoms with E-state index in [0.717, 1.165) is 22.2 Å². The maximum Gasteiger partial charge on any atom is 0.276 e. The van der Waals surface area contributed by atoms with Crippen LogP contribution in [-0.2, 0) is 18.0 Å². The van der Waals surface area contributed by atoms with Gasteiger partial charge >= 0.3 is 0 Å². The van der Waals surface area contributed by atoms with Crippen molar-refractivity contribution in [2.45, 2.75) is 13.2 Å². The molecule has 27 heavy (non-hydrogen) atoms. The second kappa shape index (κ2) is 7.80. The Morgan fingerprint density at radius 2 is 1.67 bits per heavy atom. The summed E-state index contributed by atoms with van der Waals surface area (Å²) in [5.74, 6) is -0.337. The number of fused-ring (bicyclic) bond motifs is 1. The van der Waals surface area contributed by atoms with Gasteiger partial charge in [0.25, 0.3) is 5.91 Å². The van der Waals surface area contributed by atoms with Gasteiger partial charge in [0, 0.05) is 11.6 Å². The third kappa shape index (κ3) is 4.02. The molecule has 0 spiro atoms. The largest absolute Gasteiger partial charge is 0.276 e. The van der Waals surface area contributed by atoms with Gasteiger partial charge in [0.05, 0.1) is 24.9 Å². The minimum atomic E-state index is -0.337. The quantitative estimate of drug-likeness (QED) is 0.537. The van der Waals surface area contributed by atoms with Gasteiger partial charge in [-0.3, -0.25) is 9.63 Å². The van der Waals surface area contributed by atoms with Crippen molar-refractivity contribution in [1.29, 1.82) is 0 Å². The SMILES string of the molecule is O=C(NOCc1ccccc1)c1cnc2c(cnn2Cc2ccccc2)c1. The highest BCUT2D eigenvalue weighted by Gasteiger charge is 2.11. The maximum atomic E-state index is 12.3. The van der Waals surface area contributed by atoms with Crippen molar-refractivity contribution >= 4 is 16.9 Å². The van der Waals surface area contributed by atoms with Crippen molar-refractivity contribution < 1.29 is 9.63 Å². The molecular formula is C21H18N4O2. The van der Waals surface area contributed by atoms with E-state index in [0.29, 0.717) is 18.7 Å². The lowest BCUT2D eigenvalue weighted by atomic mass is 10.2. The first-order chi connectivity index (χ1) is 13.3. The van der Waals surface area contributed by atoms with Gasteiger partial charge in [-0.25, -0.2) is 15.1 Å². The number of hydrogen-bond acceptors (Lipinski definition) is 4. The lowest BCUT2D eigenvalue weighted by Gasteiger charge is -2.06. The molecule has 6 heteroatoms. The number of aromatic nitrogens is 3. The van der Waals surface area contributed by atoms with Crippen molar-refractivity contribution in [2.24, 2.45) is 0 Å². The molecule has 0 aliphatic carbocycles. The van der Waals surface area contributed by atoms with Gasteiger partial charge in [-0.05, 0) is 17.2 Å². The van der Waals surface area contributed by atoms with Crippen LogP contribution in [0.3, 0.4) is 0 Å². The van der Waals surface area contributed by atoms with Crippen LogP contribution in [-0.4, -0.2) is 20.7 Å². The van der Waals surface area contributed by atoms with Gasteiger partial charge in [0.15, 0.2) is 5.65 Å². The van der Waals surface area contributed by atoms with Crippen LogP contribution in [0.1, 0.15) is 21.5 Å². The van der Waals surface area contributed by atoms with Gasteiger partial charge in [-0.15, -0.1) is 0 Å². The molecule has 4 aromatic rings. The first-order valence-corrected chi connectivity index (χ1v) is 8.61. The van der Waals surface area contributed by atoms with E-state index in [4.69, 9.17) is 4.84 Å². The number of pyridine rings is 1. The van der Waals surface area contributed by atoms with Crippen LogP contribution in [0.5, 0.6) is 0 Å². The highest BCUT2D eigenvalue weighted by molar-refractivity contribution is 5.96. The van der Waals surface area contributed by atoms with E-state index in [2.05, 4.69) is 15.6 Å². The average molecular weight is 358 g/mol. The maximum absolute atomic E-state index is 12.3. The zero-order chi connectivity index (χ0) is 18.5. The number of hydroxylamine groups is 1. The van der Waals surface area contributed by atoms with Crippen LogP contribution in [0.15, 0.2) is 79.1 Å². The van der Waals surface area contributed by atoms with Crippen molar-refractivity contribution in [3.05, 3.63) is 95.8 Å². The highest BCUT2D eigenvalue weighted by Crippen LogP contribution is 2.14. The minimum Gasteiger partial charge on any atom is -0.269 e. The van der Waals surface area contributed by atoms with Crippen molar-refractivity contribution in [3.63, 3.8) is 0 Å². The molecule has 0 aliphatic heterocycles. The fourth-order valence-corrected chi connectivity index (χ4v) is 2.79. The molecule has 1 amide bonds. The predicted octanol–water partition coefficient (Wildman–Crippen LogP) is 3.34. The first-order valence-electron chi connectivity index (χ1n) is 8.61. The molecule has 6 nitrogen and oxygen atoms in total. The number of amides is 1. The Morgan fingerprint density at radius 1 is 0.963 bits per heavy atom. The second-order valence-corrected chi connectivity index (χ2v) is 6.13. The Bertz CT molecular complexity index is 1050. The van der Waals surface area contributed by atoms with E-state index in [-0.39, 0.29) is 5.91 Å². The summed E-state index contributed by atoms with van der Waals surface area (Å²) in [7, 11) is 0. The number of hydrogen-bond donors (Lipinski definition) is 1. The van der Waals surface area contributed by atoms with Crippen molar-refractivity contribution in [2.75, 3.05) is 0 Å². The predicted molar refractivity (Wildman–Crippen MR) is 102 cm³/mol. The molecule has 2 aromatic heterocycles. The second-order valence-electron chi connectivity index (χ2n) is 6.13. The summed E-state index contributed by atoms with van der Waals surface area (Å²) in [5.41, 5.74) is 5.73. The van der Waals surface area contributed by atoms with Crippen LogP contribution in [0.4, 0.5) is 0 Å². The van der Waals surface area contributed by atoms with Crippen molar-refractivity contribution in [1.82, 2.24) is 20.2 Å². The molecular weight excluding hydrogens is 340 g/mol. The summed E-state index contributed by atoms with van der Waals surface area (Å²) in [6.07, 6.45) is 3.25. The molecule has 2 aromatic carbocycles. The van der Waals surface area contributed by atoms with E-state index in [1.165, 1.54) is 6.20 Å². The number of nitrogens with zero attached hydrogens (tertiary/aromatic N) is 3. The van der Waals surface area contributed by atoms with Gasteiger partial charge in [-0.1, -0.05) is 60.7 Å². The standard InChI is InChI=1S/C21H18N4O2/c26-21(24-27-15-17-9-5-2-6-10-17)19-11-18-13-23-25(20(18)22-12-19)14-16-7-3-1-4-8-16/h1-13H,14-15H2,(H,24,26). The molecule has 0 unspecified atom stereocenters. The van der Waals surface area contributed by atoms with Crippen LogP contribution in [0, 0.1) is 0 Å². The van der Waals surface area contributed by atoms with E-state index < -0.39 is 0 Å². The normalized spacial score (nSPS) is 10.8. The first kappa shape index (κ1) is 16.9. The highest BCUT2D eigenvalue weighted by atomic mass is 16.6. The lowest BCUT2D eigenvalue weighted by Crippen LogP contribution is -2.23. The molecule has 0 aliphatic rings. The van der Waals surface area contributed by atoms with E-state index in [1.807, 2.05) is 65.3 Å². The molecule has 0 radical (unpaired) electrons. The van der Waals surface area contributed by atoms with E-state index >= 15 is 0 Å². The van der Waals surface area contributed by atoms with E-state index in [1.54, 1.807) is 12.3 Å². The molecule has 2 heterocycles. The van der Waals surface area contributed by atoms with Crippen LogP contribution in [0.2, 0.25) is 0 Å². The summed E-state index contributed by atoms with van der Waals surface area (Å²) in [6, 6.07) is 21.4. The summed E-state index contributed by atoms with van der Waals surface area (Å²) >= 11 is 0. The molecule has 0 fully saturated rings. The smallest absolute Gasteiger partial charge is 0.269 e. The fourth-order valence-electron chi connectivity index (χ4n) is 2.79.